The summed E-state index contributed by atoms with van der Waals surface area (Å²) in [7, 11) is 0. The molecule has 4 nitrogen and oxygen atoms in total. The summed E-state index contributed by atoms with van der Waals surface area (Å²) >= 11 is 0. The number of rotatable bonds is 3. The number of alkyl halides is 3. The molecule has 0 aliphatic rings. The largest absolute Gasteiger partial charge is 0.573 e. The molecule has 1 heterocycles. The fourth-order valence-electron chi connectivity index (χ4n) is 1.93. The third-order valence-electron chi connectivity index (χ3n) is 2.81. The maximum Gasteiger partial charge on any atom is 0.573 e. The lowest BCUT2D eigenvalue weighted by atomic mass is 10.3. The number of para-hydroxylation sites is 1. The number of ether oxygens (including phenoxy) is 1. The van der Waals surface area contributed by atoms with Gasteiger partial charge in [0.05, 0.1) is 5.52 Å². The van der Waals surface area contributed by atoms with Crippen LogP contribution in [0.5, 0.6) is 5.75 Å². The number of halogens is 4. The van der Waals surface area contributed by atoms with Gasteiger partial charge in [-0.15, -0.1) is 13.2 Å². The summed E-state index contributed by atoms with van der Waals surface area (Å²) in [5, 5.41) is 2.84. The maximum absolute atomic E-state index is 13.5. The maximum atomic E-state index is 13.5. The number of fused-ring (bicyclic) bond motifs is 1. The number of imidazole rings is 1. The molecule has 0 aliphatic heterocycles. The molecule has 0 spiro atoms. The van der Waals surface area contributed by atoms with E-state index in [0.29, 0.717) is 11.2 Å². The van der Waals surface area contributed by atoms with Crippen LogP contribution in [0.1, 0.15) is 0 Å². The number of nitrogens with zero attached hydrogens (tertiary/aromatic N) is 1. The van der Waals surface area contributed by atoms with Crippen molar-refractivity contribution in [1.29, 1.82) is 0 Å². The number of hydrogen-bond donors (Lipinski definition) is 2. The van der Waals surface area contributed by atoms with E-state index in [1.807, 2.05) is 0 Å². The molecule has 0 atom stereocenters. The van der Waals surface area contributed by atoms with Crippen molar-refractivity contribution in [2.75, 3.05) is 5.32 Å². The molecule has 0 fully saturated rings. The van der Waals surface area contributed by atoms with Gasteiger partial charge in [0.2, 0.25) is 5.95 Å². The normalized spacial score (nSPS) is 11.6. The topological polar surface area (TPSA) is 49.9 Å². The van der Waals surface area contributed by atoms with Gasteiger partial charge >= 0.3 is 6.36 Å². The highest BCUT2D eigenvalue weighted by molar-refractivity contribution is 5.78. The van der Waals surface area contributed by atoms with Crippen molar-refractivity contribution in [2.24, 2.45) is 0 Å². The second-order valence-corrected chi connectivity index (χ2v) is 4.42. The number of hydrogen-bond acceptors (Lipinski definition) is 3. The molecule has 22 heavy (non-hydrogen) atoms. The van der Waals surface area contributed by atoms with Crippen LogP contribution < -0.4 is 10.1 Å². The molecule has 0 saturated heterocycles. The summed E-state index contributed by atoms with van der Waals surface area (Å²) in [6, 6.07) is 9.61. The number of benzene rings is 2. The Bertz CT molecular complexity index is 796. The Balaban J connectivity index is 1.78. The molecule has 0 aliphatic carbocycles. The van der Waals surface area contributed by atoms with Gasteiger partial charge in [0.15, 0.2) is 5.82 Å². The van der Waals surface area contributed by atoms with Gasteiger partial charge in [-0.1, -0.05) is 6.07 Å². The van der Waals surface area contributed by atoms with E-state index in [9.17, 15) is 17.6 Å². The predicted octanol–water partition coefficient (Wildman–Crippen LogP) is 4.34. The average Bonchev–Trinajstić information content (AvgIpc) is 2.83. The molecule has 0 radical (unpaired) electrons. The SMILES string of the molecule is Fc1cccc2[nH]c(Nc3ccc(OC(F)(F)F)cc3)nc12. The summed E-state index contributed by atoms with van der Waals surface area (Å²) in [4.78, 5) is 6.90. The minimum absolute atomic E-state index is 0.182. The zero-order valence-corrected chi connectivity index (χ0v) is 10.9. The van der Waals surface area contributed by atoms with Gasteiger partial charge in [0, 0.05) is 5.69 Å². The summed E-state index contributed by atoms with van der Waals surface area (Å²) in [6.07, 6.45) is -4.73. The van der Waals surface area contributed by atoms with Gasteiger partial charge < -0.3 is 15.0 Å². The highest BCUT2D eigenvalue weighted by Crippen LogP contribution is 2.25. The quantitative estimate of drug-likeness (QED) is 0.707. The smallest absolute Gasteiger partial charge is 0.406 e. The minimum Gasteiger partial charge on any atom is -0.406 e. The van der Waals surface area contributed by atoms with Gasteiger partial charge in [-0.3, -0.25) is 0 Å². The fourth-order valence-corrected chi connectivity index (χ4v) is 1.93. The third kappa shape index (κ3) is 3.11. The molecule has 8 heteroatoms. The van der Waals surface area contributed by atoms with Gasteiger partial charge in [-0.25, -0.2) is 9.37 Å². The Morgan fingerprint density at radius 3 is 2.41 bits per heavy atom. The first-order valence-corrected chi connectivity index (χ1v) is 6.18. The van der Waals surface area contributed by atoms with E-state index in [1.54, 1.807) is 12.1 Å². The molecule has 0 unspecified atom stereocenters. The van der Waals surface area contributed by atoms with E-state index in [4.69, 9.17) is 0 Å². The van der Waals surface area contributed by atoms with E-state index in [0.717, 1.165) is 0 Å². The Morgan fingerprint density at radius 2 is 1.77 bits per heavy atom. The number of aromatic nitrogens is 2. The highest BCUT2D eigenvalue weighted by atomic mass is 19.4. The molecule has 0 saturated carbocycles. The minimum atomic E-state index is -4.73. The lowest BCUT2D eigenvalue weighted by Gasteiger charge is -2.09. The van der Waals surface area contributed by atoms with Crippen molar-refractivity contribution in [3.63, 3.8) is 0 Å². The Kier molecular flexibility index (Phi) is 3.36. The molecular weight excluding hydrogens is 302 g/mol. The van der Waals surface area contributed by atoms with Crippen LogP contribution in [0.2, 0.25) is 0 Å². The van der Waals surface area contributed by atoms with Crippen LogP contribution in [0.25, 0.3) is 11.0 Å². The lowest BCUT2D eigenvalue weighted by Crippen LogP contribution is -2.16. The van der Waals surface area contributed by atoms with E-state index in [2.05, 4.69) is 20.0 Å². The summed E-state index contributed by atoms with van der Waals surface area (Å²) in [6.45, 7) is 0. The zero-order valence-electron chi connectivity index (χ0n) is 10.9. The third-order valence-corrected chi connectivity index (χ3v) is 2.81. The van der Waals surface area contributed by atoms with Crippen LogP contribution in [0.15, 0.2) is 42.5 Å². The second-order valence-electron chi connectivity index (χ2n) is 4.42. The van der Waals surface area contributed by atoms with Crippen molar-refractivity contribution in [2.45, 2.75) is 6.36 Å². The first-order chi connectivity index (χ1) is 10.4. The van der Waals surface area contributed by atoms with Crippen LogP contribution >= 0.6 is 0 Å². The van der Waals surface area contributed by atoms with E-state index in [1.165, 1.54) is 30.3 Å². The standard InChI is InChI=1S/C14H9F4N3O/c15-10-2-1-3-11-12(10)21-13(20-11)19-8-4-6-9(7-5-8)22-14(16,17)18/h1-7H,(H2,19,20,21). The Hall–Kier alpha value is -2.77. The van der Waals surface area contributed by atoms with Crippen molar-refractivity contribution in [1.82, 2.24) is 9.97 Å². The summed E-state index contributed by atoms with van der Waals surface area (Å²) in [5.41, 5.74) is 1.18. The Morgan fingerprint density at radius 1 is 1.05 bits per heavy atom. The summed E-state index contributed by atoms with van der Waals surface area (Å²) < 4.78 is 53.5. The molecule has 1 aromatic heterocycles. The Labute approximate surface area is 121 Å². The van der Waals surface area contributed by atoms with E-state index >= 15 is 0 Å². The highest BCUT2D eigenvalue weighted by Gasteiger charge is 2.30. The van der Waals surface area contributed by atoms with E-state index < -0.39 is 12.2 Å². The van der Waals surface area contributed by atoms with Crippen molar-refractivity contribution < 1.29 is 22.3 Å². The molecule has 3 rings (SSSR count). The number of nitrogens with one attached hydrogen (secondary N) is 2. The first-order valence-electron chi connectivity index (χ1n) is 6.18. The number of H-pyrrole nitrogens is 1. The van der Waals surface area contributed by atoms with Gasteiger partial charge in [0.1, 0.15) is 11.3 Å². The molecule has 2 aromatic carbocycles. The van der Waals surface area contributed by atoms with Gasteiger partial charge in [-0.2, -0.15) is 0 Å². The van der Waals surface area contributed by atoms with Crippen LogP contribution in [0.3, 0.4) is 0 Å². The first kappa shape index (κ1) is 14.2. The van der Waals surface area contributed by atoms with Crippen LogP contribution in [-0.4, -0.2) is 16.3 Å². The molecule has 114 valence electrons. The zero-order chi connectivity index (χ0) is 15.7. The van der Waals surface area contributed by atoms with Gasteiger partial charge in [-0.05, 0) is 36.4 Å². The van der Waals surface area contributed by atoms with Crippen molar-refractivity contribution in [3.8, 4) is 5.75 Å². The molecular formula is C14H9F4N3O. The van der Waals surface area contributed by atoms with Crippen LogP contribution in [0.4, 0.5) is 29.2 Å². The average molecular weight is 311 g/mol. The molecule has 3 aromatic rings. The number of aromatic amines is 1. The van der Waals surface area contributed by atoms with Crippen LogP contribution in [0, 0.1) is 5.82 Å². The van der Waals surface area contributed by atoms with E-state index in [-0.39, 0.29) is 17.2 Å². The number of anilines is 2. The molecule has 2 N–H and O–H groups in total. The summed E-state index contributed by atoms with van der Waals surface area (Å²) in [5.74, 6) is -0.506. The van der Waals surface area contributed by atoms with Crippen molar-refractivity contribution in [3.05, 3.63) is 48.3 Å². The van der Waals surface area contributed by atoms with Gasteiger partial charge in [0.25, 0.3) is 0 Å². The van der Waals surface area contributed by atoms with Crippen LogP contribution in [-0.2, 0) is 0 Å². The van der Waals surface area contributed by atoms with Crippen molar-refractivity contribution >= 4 is 22.7 Å². The second kappa shape index (κ2) is 5.21. The molecule has 0 bridgehead atoms. The lowest BCUT2D eigenvalue weighted by molar-refractivity contribution is -0.274. The predicted molar refractivity (Wildman–Crippen MR) is 72.5 cm³/mol. The monoisotopic (exact) mass is 311 g/mol. The fraction of sp³-hybridized carbons (Fsp3) is 0.0714. The molecule has 0 amide bonds.